The van der Waals surface area contributed by atoms with Crippen LogP contribution >= 0.6 is 11.6 Å². The second kappa shape index (κ2) is 7.55. The summed E-state index contributed by atoms with van der Waals surface area (Å²) >= 11 is 5.54. The molecule has 0 saturated heterocycles. The molecule has 0 aromatic carbocycles. The smallest absolute Gasteiger partial charge is 0.475 e. The van der Waals surface area contributed by atoms with E-state index in [4.69, 9.17) is 27.2 Å². The number of aromatic nitrogens is 1. The van der Waals surface area contributed by atoms with Crippen molar-refractivity contribution in [1.82, 2.24) is 4.98 Å². The number of nitrogens with two attached hydrogens (primary N) is 1. The van der Waals surface area contributed by atoms with Gasteiger partial charge in [0.2, 0.25) is 5.91 Å². The van der Waals surface area contributed by atoms with E-state index >= 15 is 0 Å². The van der Waals surface area contributed by atoms with E-state index in [-0.39, 0.29) is 16.8 Å². The van der Waals surface area contributed by atoms with Gasteiger partial charge < -0.3 is 16.2 Å². The molecule has 0 radical (unpaired) electrons. The first-order valence-electron chi connectivity index (χ1n) is 6.20. The molecule has 0 unspecified atom stereocenters. The van der Waals surface area contributed by atoms with Crippen LogP contribution in [0.5, 0.6) is 0 Å². The highest BCUT2D eigenvalue weighted by Crippen LogP contribution is 2.32. The number of carboxylic acid groups (broad SMARTS) is 1. The van der Waals surface area contributed by atoms with E-state index in [1.54, 1.807) is 0 Å². The van der Waals surface area contributed by atoms with Crippen molar-refractivity contribution in [3.8, 4) is 0 Å². The monoisotopic (exact) mass is 357 g/mol. The van der Waals surface area contributed by atoms with Crippen molar-refractivity contribution in [2.24, 2.45) is 11.7 Å². The van der Waals surface area contributed by atoms with Gasteiger partial charge in [-0.1, -0.05) is 11.6 Å². The van der Waals surface area contributed by atoms with Gasteiger partial charge in [0, 0.05) is 6.20 Å². The molecule has 128 valence electrons. The van der Waals surface area contributed by atoms with Crippen molar-refractivity contribution in [1.29, 1.82) is 0 Å². The van der Waals surface area contributed by atoms with Gasteiger partial charge in [0.05, 0.1) is 11.1 Å². The fourth-order valence-electron chi connectivity index (χ4n) is 1.38. The molecular weight excluding hydrogens is 346 g/mol. The standard InChI is InChI=1S/C10H11ClFN3O.C2HF3O2/c11-6-3-7(12)9(14-4-6)15-10(16)8(13)5-1-2-5;3-2(4,5)1(6)7/h3-5,8H,1-2,13H2,(H,14,15,16);(H,6,7)/t8-;/m0./s1. The number of carbonyl (C=O) groups excluding carboxylic acids is 1. The van der Waals surface area contributed by atoms with Gasteiger partial charge in [0.25, 0.3) is 0 Å². The number of pyridine rings is 1. The lowest BCUT2D eigenvalue weighted by molar-refractivity contribution is -0.192. The van der Waals surface area contributed by atoms with Crippen LogP contribution in [-0.2, 0) is 9.59 Å². The predicted octanol–water partition coefficient (Wildman–Crippen LogP) is 2.18. The lowest BCUT2D eigenvalue weighted by Gasteiger charge is -2.10. The van der Waals surface area contributed by atoms with Gasteiger partial charge >= 0.3 is 12.1 Å². The largest absolute Gasteiger partial charge is 0.490 e. The fraction of sp³-hybridized carbons (Fsp3) is 0.417. The molecule has 0 spiro atoms. The first-order valence-corrected chi connectivity index (χ1v) is 6.57. The van der Waals surface area contributed by atoms with Crippen molar-refractivity contribution in [3.05, 3.63) is 23.1 Å². The maximum Gasteiger partial charge on any atom is 0.490 e. The topological polar surface area (TPSA) is 105 Å². The maximum absolute atomic E-state index is 13.3. The number of rotatable bonds is 3. The minimum atomic E-state index is -5.08. The number of hydrogen-bond acceptors (Lipinski definition) is 4. The van der Waals surface area contributed by atoms with Gasteiger partial charge in [0.15, 0.2) is 11.6 Å². The molecule has 0 aliphatic heterocycles. The molecule has 1 amide bonds. The van der Waals surface area contributed by atoms with E-state index in [9.17, 15) is 22.4 Å². The first-order chi connectivity index (χ1) is 10.5. The van der Waals surface area contributed by atoms with Crippen LogP contribution in [0.3, 0.4) is 0 Å². The van der Waals surface area contributed by atoms with E-state index in [0.29, 0.717) is 0 Å². The van der Waals surface area contributed by atoms with Gasteiger partial charge in [-0.05, 0) is 24.8 Å². The van der Waals surface area contributed by atoms with Crippen LogP contribution in [-0.4, -0.2) is 34.2 Å². The van der Waals surface area contributed by atoms with Crippen LogP contribution in [0.25, 0.3) is 0 Å². The van der Waals surface area contributed by atoms with E-state index < -0.39 is 29.9 Å². The molecule has 1 aliphatic rings. The molecule has 11 heteroatoms. The summed E-state index contributed by atoms with van der Waals surface area (Å²) < 4.78 is 45.0. The Balaban J connectivity index is 0.000000322. The molecule has 0 bridgehead atoms. The van der Waals surface area contributed by atoms with Crippen molar-refractivity contribution >= 4 is 29.3 Å². The first kappa shape index (κ1) is 19.1. The third-order valence-corrected chi connectivity index (χ3v) is 2.93. The van der Waals surface area contributed by atoms with Crippen LogP contribution in [0.4, 0.5) is 23.4 Å². The minimum absolute atomic E-state index is 0.134. The third kappa shape index (κ3) is 6.37. The van der Waals surface area contributed by atoms with E-state index in [1.807, 2.05) is 0 Å². The molecule has 6 nitrogen and oxygen atoms in total. The molecule has 1 fully saturated rings. The predicted molar refractivity (Wildman–Crippen MR) is 72.2 cm³/mol. The lowest BCUT2D eigenvalue weighted by atomic mass is 10.2. The summed E-state index contributed by atoms with van der Waals surface area (Å²) in [5.41, 5.74) is 5.66. The number of amides is 1. The summed E-state index contributed by atoms with van der Waals surface area (Å²) in [5, 5.41) is 9.66. The van der Waals surface area contributed by atoms with Crippen LogP contribution in [0.1, 0.15) is 12.8 Å². The van der Waals surface area contributed by atoms with Crippen molar-refractivity contribution in [2.45, 2.75) is 25.1 Å². The Morgan fingerprint density at radius 1 is 1.43 bits per heavy atom. The number of alkyl halides is 3. The molecule has 1 aromatic rings. The number of carboxylic acids is 1. The van der Waals surface area contributed by atoms with E-state index in [2.05, 4.69) is 10.3 Å². The maximum atomic E-state index is 13.3. The number of nitrogens with one attached hydrogen (secondary N) is 1. The van der Waals surface area contributed by atoms with Gasteiger partial charge in [0.1, 0.15) is 0 Å². The van der Waals surface area contributed by atoms with E-state index in [0.717, 1.165) is 18.9 Å². The highest BCUT2D eigenvalue weighted by molar-refractivity contribution is 6.30. The number of halogens is 5. The van der Waals surface area contributed by atoms with Gasteiger partial charge in [-0.3, -0.25) is 4.79 Å². The quantitative estimate of drug-likeness (QED) is 0.719. The second-order valence-corrected chi connectivity index (χ2v) is 5.08. The highest BCUT2D eigenvalue weighted by atomic mass is 35.5. The van der Waals surface area contributed by atoms with Crippen LogP contribution in [0, 0.1) is 11.7 Å². The van der Waals surface area contributed by atoms with Crippen LogP contribution < -0.4 is 11.1 Å². The molecule has 23 heavy (non-hydrogen) atoms. The Morgan fingerprint density at radius 2 is 1.96 bits per heavy atom. The fourth-order valence-corrected chi connectivity index (χ4v) is 1.52. The molecule has 1 aromatic heterocycles. The Morgan fingerprint density at radius 3 is 2.35 bits per heavy atom. The lowest BCUT2D eigenvalue weighted by Crippen LogP contribution is -2.37. The minimum Gasteiger partial charge on any atom is -0.475 e. The molecule has 4 N–H and O–H groups in total. The Bertz CT molecular complexity index is 593. The van der Waals surface area contributed by atoms with Gasteiger partial charge in [-0.2, -0.15) is 13.2 Å². The number of hydrogen-bond donors (Lipinski definition) is 3. The number of nitrogens with zero attached hydrogens (tertiary/aromatic N) is 1. The summed E-state index contributed by atoms with van der Waals surface area (Å²) in [6, 6.07) is 0.504. The second-order valence-electron chi connectivity index (χ2n) is 4.64. The van der Waals surface area contributed by atoms with Crippen LogP contribution in [0.15, 0.2) is 12.3 Å². The zero-order chi connectivity index (χ0) is 17.8. The SMILES string of the molecule is N[C@H](C(=O)Nc1ncc(Cl)cc1F)C1CC1.O=C(O)C(F)(F)F. The summed E-state index contributed by atoms with van der Waals surface area (Å²) in [5.74, 6) is -3.74. The molecule has 1 atom stereocenters. The Hall–Kier alpha value is -1.94. The molecule has 2 rings (SSSR count). The summed E-state index contributed by atoms with van der Waals surface area (Å²) in [4.78, 5) is 24.1. The highest BCUT2D eigenvalue weighted by Gasteiger charge is 2.38. The molecule has 1 heterocycles. The zero-order valence-electron chi connectivity index (χ0n) is 11.4. The number of anilines is 1. The van der Waals surface area contributed by atoms with Crippen molar-refractivity contribution in [2.75, 3.05) is 5.32 Å². The molecule has 1 aliphatic carbocycles. The summed E-state index contributed by atoms with van der Waals surface area (Å²) in [6.45, 7) is 0. The zero-order valence-corrected chi connectivity index (χ0v) is 12.2. The third-order valence-electron chi connectivity index (χ3n) is 2.72. The normalized spacial score (nSPS) is 15.2. The summed E-state index contributed by atoms with van der Waals surface area (Å²) in [7, 11) is 0. The summed E-state index contributed by atoms with van der Waals surface area (Å²) in [6.07, 6.45) is -1.92. The van der Waals surface area contributed by atoms with Crippen LogP contribution in [0.2, 0.25) is 5.02 Å². The van der Waals surface area contributed by atoms with E-state index in [1.165, 1.54) is 6.20 Å². The Kier molecular flexibility index (Phi) is 6.28. The average Bonchev–Trinajstić information content (AvgIpc) is 3.25. The average molecular weight is 358 g/mol. The number of aliphatic carboxylic acids is 1. The van der Waals surface area contributed by atoms with Gasteiger partial charge in [-0.15, -0.1) is 0 Å². The molecule has 1 saturated carbocycles. The Labute approximate surface area is 132 Å². The number of carbonyl (C=O) groups is 2. The van der Waals surface area contributed by atoms with Crippen molar-refractivity contribution < 1.29 is 32.3 Å². The van der Waals surface area contributed by atoms with Gasteiger partial charge in [-0.25, -0.2) is 14.2 Å². The van der Waals surface area contributed by atoms with Crippen molar-refractivity contribution in [3.63, 3.8) is 0 Å². The molecular formula is C12H12ClF4N3O3.